The number of aliphatic hydroxyl groups excluding tert-OH is 3. The fourth-order valence-electron chi connectivity index (χ4n) is 3.96. The van der Waals surface area contributed by atoms with Crippen molar-refractivity contribution in [3.8, 4) is 11.6 Å². The molecule has 1 fully saturated rings. The van der Waals surface area contributed by atoms with Gasteiger partial charge in [0.15, 0.2) is 0 Å². The van der Waals surface area contributed by atoms with E-state index in [1.165, 1.54) is 0 Å². The van der Waals surface area contributed by atoms with E-state index >= 15 is 0 Å². The van der Waals surface area contributed by atoms with E-state index in [0.29, 0.717) is 6.42 Å². The molecule has 3 N–H and O–H groups in total. The molecular weight excluding hydrogens is 472 g/mol. The predicted octanol–water partition coefficient (Wildman–Crippen LogP) is 2.12. The number of ether oxygens (including phenoxy) is 5. The number of aliphatic hydroxyl groups is 3. The van der Waals surface area contributed by atoms with Crippen LogP contribution in [0.15, 0.2) is 24.3 Å². The van der Waals surface area contributed by atoms with Gasteiger partial charge in [-0.15, -0.1) is 5.10 Å². The quantitative estimate of drug-likeness (QED) is 0.431. The second kappa shape index (κ2) is 11.9. The summed E-state index contributed by atoms with van der Waals surface area (Å²) in [5, 5.41) is 35.7. The number of rotatable bonds is 9. The van der Waals surface area contributed by atoms with Crippen molar-refractivity contribution in [2.75, 3.05) is 13.7 Å². The average molecular weight is 509 g/mol. The number of hydrogen-bond acceptors (Lipinski definition) is 10. The van der Waals surface area contributed by atoms with E-state index < -0.39 is 43.5 Å². The van der Waals surface area contributed by atoms with Crippen LogP contribution in [0.5, 0.6) is 11.6 Å². The third-order valence-corrected chi connectivity index (χ3v) is 5.83. The molecule has 1 aromatic heterocycles. The first-order valence-electron chi connectivity index (χ1n) is 11.9. The van der Waals surface area contributed by atoms with Gasteiger partial charge < -0.3 is 39.0 Å². The summed E-state index contributed by atoms with van der Waals surface area (Å²) in [5.74, 6) is 0.996. The molecule has 11 nitrogen and oxygen atoms in total. The summed E-state index contributed by atoms with van der Waals surface area (Å²) in [4.78, 5) is 11.3. The van der Waals surface area contributed by atoms with Crippen LogP contribution in [0.25, 0.3) is 0 Å². The first-order valence-corrected chi connectivity index (χ1v) is 11.9. The molecule has 0 bridgehead atoms. The fraction of sp³-hybridized carbons (Fsp3) is 0.600. The molecule has 200 valence electrons. The molecule has 1 aliphatic rings. The lowest BCUT2D eigenvalue weighted by Crippen LogP contribution is -2.60. The molecule has 1 aromatic carbocycles. The van der Waals surface area contributed by atoms with E-state index in [4.69, 9.17) is 18.9 Å². The molecule has 11 heteroatoms. The summed E-state index contributed by atoms with van der Waals surface area (Å²) < 4.78 is 28.4. The number of carbonyl (C=O) groups excluding carboxylic acids is 1. The predicted molar refractivity (Wildman–Crippen MR) is 128 cm³/mol. The van der Waals surface area contributed by atoms with Crippen molar-refractivity contribution in [3.63, 3.8) is 0 Å². The van der Waals surface area contributed by atoms with Gasteiger partial charge in [-0.3, -0.25) is 4.68 Å². The Bertz CT molecular complexity index is 1010. The van der Waals surface area contributed by atoms with Crippen LogP contribution < -0.4 is 9.47 Å². The van der Waals surface area contributed by atoms with E-state index in [1.807, 2.05) is 58.9 Å². The summed E-state index contributed by atoms with van der Waals surface area (Å²) in [7, 11) is 1.14. The smallest absolute Gasteiger partial charge is 0.491 e. The summed E-state index contributed by atoms with van der Waals surface area (Å²) in [5.41, 5.74) is 2.64. The van der Waals surface area contributed by atoms with Gasteiger partial charge >= 0.3 is 6.16 Å². The topological polar surface area (TPSA) is 142 Å². The minimum Gasteiger partial charge on any atom is -0.491 e. The van der Waals surface area contributed by atoms with Crippen LogP contribution in [-0.2, 0) is 20.6 Å². The monoisotopic (exact) mass is 508 g/mol. The number of carbonyl (C=O) groups is 1. The van der Waals surface area contributed by atoms with Crippen LogP contribution >= 0.6 is 0 Å². The second-order valence-electron chi connectivity index (χ2n) is 9.29. The van der Waals surface area contributed by atoms with Crippen LogP contribution in [0.2, 0.25) is 0 Å². The maximum absolute atomic E-state index is 11.3. The molecule has 0 radical (unpaired) electrons. The molecule has 3 rings (SSSR count). The molecule has 0 aliphatic carbocycles. The molecule has 1 saturated heterocycles. The number of hydrogen-bond donors (Lipinski definition) is 3. The lowest BCUT2D eigenvalue weighted by molar-refractivity contribution is -0.278. The number of aromatic nitrogens is 2. The largest absolute Gasteiger partial charge is 0.508 e. The van der Waals surface area contributed by atoms with Crippen LogP contribution in [0.3, 0.4) is 0 Å². The first kappa shape index (κ1) is 27.7. The second-order valence-corrected chi connectivity index (χ2v) is 9.29. The van der Waals surface area contributed by atoms with Gasteiger partial charge in [0.2, 0.25) is 12.2 Å². The maximum Gasteiger partial charge on any atom is 0.508 e. The van der Waals surface area contributed by atoms with Crippen molar-refractivity contribution in [1.29, 1.82) is 0 Å². The van der Waals surface area contributed by atoms with Gasteiger partial charge in [-0.25, -0.2) is 4.79 Å². The Hall–Kier alpha value is -2.86. The molecule has 2 heterocycles. The minimum absolute atomic E-state index is 0.0359. The normalized spacial score (nSPS) is 24.1. The highest BCUT2D eigenvalue weighted by Crippen LogP contribution is 2.31. The lowest BCUT2D eigenvalue weighted by Gasteiger charge is -2.39. The Morgan fingerprint density at radius 2 is 1.75 bits per heavy atom. The molecule has 0 unspecified atom stereocenters. The maximum atomic E-state index is 11.3. The molecular formula is C25H36N2O9. The average Bonchev–Trinajstić information content (AvgIpc) is 3.14. The summed E-state index contributed by atoms with van der Waals surface area (Å²) >= 11 is 0. The third-order valence-electron chi connectivity index (χ3n) is 5.83. The number of nitrogens with zero attached hydrogens (tertiary/aromatic N) is 2. The van der Waals surface area contributed by atoms with Crippen LogP contribution in [0.4, 0.5) is 4.79 Å². The van der Waals surface area contributed by atoms with E-state index in [1.54, 1.807) is 4.68 Å². The van der Waals surface area contributed by atoms with Gasteiger partial charge in [0.05, 0.1) is 13.2 Å². The molecule has 36 heavy (non-hydrogen) atoms. The Labute approximate surface area is 210 Å². The van der Waals surface area contributed by atoms with Gasteiger partial charge in [0, 0.05) is 23.7 Å². The highest BCUT2D eigenvalue weighted by Gasteiger charge is 2.46. The van der Waals surface area contributed by atoms with Crippen molar-refractivity contribution in [1.82, 2.24) is 9.78 Å². The zero-order valence-electron chi connectivity index (χ0n) is 21.5. The summed E-state index contributed by atoms with van der Waals surface area (Å²) in [6.45, 7) is 9.41. The zero-order valence-corrected chi connectivity index (χ0v) is 21.5. The van der Waals surface area contributed by atoms with Crippen LogP contribution in [-0.4, -0.2) is 81.8 Å². The minimum atomic E-state index is -1.60. The summed E-state index contributed by atoms with van der Waals surface area (Å²) in [6, 6.07) is 7.75. The Morgan fingerprint density at radius 3 is 2.33 bits per heavy atom. The zero-order chi connectivity index (χ0) is 26.6. The Morgan fingerprint density at radius 1 is 1.08 bits per heavy atom. The van der Waals surface area contributed by atoms with Crippen molar-refractivity contribution in [3.05, 3.63) is 41.1 Å². The molecule has 2 aromatic rings. The van der Waals surface area contributed by atoms with E-state index in [-0.39, 0.29) is 18.0 Å². The van der Waals surface area contributed by atoms with Gasteiger partial charge in [-0.2, -0.15) is 0 Å². The number of methoxy groups -OCH3 is 1. The van der Waals surface area contributed by atoms with Gasteiger partial charge in [0.1, 0.15) is 36.8 Å². The Kier molecular flexibility index (Phi) is 9.18. The molecule has 5 atom stereocenters. The fourth-order valence-corrected chi connectivity index (χ4v) is 3.96. The van der Waals surface area contributed by atoms with Crippen molar-refractivity contribution < 1.29 is 43.8 Å². The molecule has 0 saturated carbocycles. The highest BCUT2D eigenvalue weighted by atomic mass is 16.7. The van der Waals surface area contributed by atoms with Crippen molar-refractivity contribution in [2.45, 2.75) is 83.9 Å². The molecule has 1 aliphatic heterocycles. The third kappa shape index (κ3) is 6.47. The Balaban J connectivity index is 1.84. The van der Waals surface area contributed by atoms with E-state index in [2.05, 4.69) is 9.84 Å². The van der Waals surface area contributed by atoms with Crippen molar-refractivity contribution >= 4 is 6.16 Å². The SMILES string of the molecule is COC(=O)OC[C@H]1O[C@@H](Oc2nn(C(C)C)c(C)c2Cc2ccc(OC(C)C)cc2)[C@H](O)[C@@H](O)[C@@H]1O. The van der Waals surface area contributed by atoms with Crippen LogP contribution in [0, 0.1) is 6.92 Å². The van der Waals surface area contributed by atoms with Gasteiger partial charge in [0.25, 0.3) is 0 Å². The first-order chi connectivity index (χ1) is 17.0. The summed E-state index contributed by atoms with van der Waals surface area (Å²) in [6.07, 6.45) is -7.62. The number of benzene rings is 1. The molecule has 0 amide bonds. The standard InChI is InChI=1S/C25H36N2O9/c1-13(2)27-15(5)18(11-16-7-9-17(10-8-16)34-14(3)4)23(26-27)36-24-22(30)21(29)20(28)19(35-24)12-33-25(31)32-6/h7-10,13-14,19-22,24,28-30H,11-12H2,1-6H3/t19-,20-,21+,22-,24+/m1/s1. The van der Waals surface area contributed by atoms with Crippen LogP contribution in [0.1, 0.15) is 50.6 Å². The lowest BCUT2D eigenvalue weighted by atomic mass is 9.99. The highest BCUT2D eigenvalue weighted by molar-refractivity contribution is 5.59. The van der Waals surface area contributed by atoms with Gasteiger partial charge in [-0.05, 0) is 52.3 Å². The van der Waals surface area contributed by atoms with E-state index in [0.717, 1.165) is 29.7 Å². The van der Waals surface area contributed by atoms with Gasteiger partial charge in [-0.1, -0.05) is 12.1 Å². The molecule has 0 spiro atoms. The van der Waals surface area contributed by atoms with Crippen molar-refractivity contribution in [2.24, 2.45) is 0 Å². The van der Waals surface area contributed by atoms with E-state index in [9.17, 15) is 20.1 Å².